The molecule has 1 unspecified atom stereocenters. The molecule has 2 heteroatoms. The van der Waals surface area contributed by atoms with E-state index in [-0.39, 0.29) is 10.8 Å². The molecule has 12 rings (SSSR count). The summed E-state index contributed by atoms with van der Waals surface area (Å²) in [5, 5.41) is 0. The van der Waals surface area contributed by atoms with Gasteiger partial charge < -0.3 is 9.80 Å². The summed E-state index contributed by atoms with van der Waals surface area (Å²) in [6.45, 7) is 4.74. The van der Waals surface area contributed by atoms with Crippen molar-refractivity contribution in [3.63, 3.8) is 0 Å². The lowest BCUT2D eigenvalue weighted by Gasteiger charge is -2.62. The van der Waals surface area contributed by atoms with E-state index in [1.54, 1.807) is 0 Å². The zero-order valence-corrected chi connectivity index (χ0v) is 33.8. The molecule has 0 radical (unpaired) electrons. The van der Waals surface area contributed by atoms with Crippen molar-refractivity contribution < 1.29 is 0 Å². The third kappa shape index (κ3) is 5.44. The Morgan fingerprint density at radius 3 is 1.29 bits per heavy atom. The first-order valence-corrected chi connectivity index (χ1v) is 21.8. The molecular weight excluding hydrogens is 701 g/mol. The summed E-state index contributed by atoms with van der Waals surface area (Å²) in [5.41, 5.74) is 15.8. The molecule has 0 aliphatic heterocycles. The molecule has 7 aromatic carbocycles. The van der Waals surface area contributed by atoms with Gasteiger partial charge in [0.15, 0.2) is 0 Å². The molecule has 4 fully saturated rings. The minimum absolute atomic E-state index is 0.00820. The zero-order chi connectivity index (χ0) is 38.8. The molecule has 58 heavy (non-hydrogen) atoms. The van der Waals surface area contributed by atoms with Crippen LogP contribution in [0.3, 0.4) is 0 Å². The Morgan fingerprint density at radius 2 is 0.810 bits per heavy atom. The number of anilines is 6. The van der Waals surface area contributed by atoms with Gasteiger partial charge in [-0.2, -0.15) is 0 Å². The van der Waals surface area contributed by atoms with Gasteiger partial charge in [-0.15, -0.1) is 0 Å². The number of fused-ring (bicyclic) bond motifs is 3. The fourth-order valence-electron chi connectivity index (χ4n) is 12.5. The third-order valence-electron chi connectivity index (χ3n) is 15.1. The maximum absolute atomic E-state index is 2.51. The highest BCUT2D eigenvalue weighted by Gasteiger charge is 2.58. The van der Waals surface area contributed by atoms with Crippen molar-refractivity contribution in [2.45, 2.75) is 63.2 Å². The second-order valence-corrected chi connectivity index (χ2v) is 17.9. The lowest BCUT2D eigenvalue weighted by Crippen LogP contribution is -2.56. The van der Waals surface area contributed by atoms with Gasteiger partial charge in [-0.1, -0.05) is 123 Å². The number of hydrogen-bond donors (Lipinski definition) is 0. The average Bonchev–Trinajstić information content (AvgIpc) is 3.53. The lowest BCUT2D eigenvalue weighted by atomic mass is 9.42. The van der Waals surface area contributed by atoms with E-state index in [2.05, 4.69) is 206 Å². The predicted molar refractivity (Wildman–Crippen MR) is 242 cm³/mol. The van der Waals surface area contributed by atoms with Crippen LogP contribution in [0.25, 0.3) is 11.1 Å². The van der Waals surface area contributed by atoms with Crippen LogP contribution in [0.5, 0.6) is 0 Å². The number of rotatable bonds is 9. The molecule has 0 N–H and O–H groups in total. The van der Waals surface area contributed by atoms with Crippen LogP contribution in [0.2, 0.25) is 0 Å². The molecule has 0 aromatic heterocycles. The number of benzene rings is 7. The first-order chi connectivity index (χ1) is 28.5. The highest BCUT2D eigenvalue weighted by molar-refractivity contribution is 5.87. The summed E-state index contributed by atoms with van der Waals surface area (Å²) >= 11 is 0. The van der Waals surface area contributed by atoms with Crippen LogP contribution in [0.4, 0.5) is 34.1 Å². The van der Waals surface area contributed by atoms with Crippen molar-refractivity contribution in [2.75, 3.05) is 9.80 Å². The molecule has 4 saturated carbocycles. The summed E-state index contributed by atoms with van der Waals surface area (Å²) in [4.78, 5) is 4.86. The number of nitrogens with zero attached hydrogens (tertiary/aromatic N) is 2. The standard InChI is InChI=1S/C56H52N2/c1-3-55(2)53-22-14-13-21-51(53)52-38-50(31-32-54(52)55)58(47-19-11-6-12-20-47)49-29-25-42(26-30-49)56(43-34-39-33-40(36-43)37-44(56)35-39)41-23-27-48(28-24-41)57(45-15-7-4-8-16-45)46-17-9-5-10-18-46/h4-32,38-40,43-44H,3,33-37H2,1-2H3. The van der Waals surface area contributed by atoms with Gasteiger partial charge in [0, 0.05) is 45.0 Å². The second kappa shape index (κ2) is 13.9. The van der Waals surface area contributed by atoms with E-state index in [4.69, 9.17) is 0 Å². The molecule has 1 atom stereocenters. The molecule has 5 aliphatic carbocycles. The van der Waals surface area contributed by atoms with E-state index >= 15 is 0 Å². The van der Waals surface area contributed by atoms with Crippen molar-refractivity contribution in [3.8, 4) is 11.1 Å². The summed E-state index contributed by atoms with van der Waals surface area (Å²) in [6.07, 6.45) is 7.91. The smallest absolute Gasteiger partial charge is 0.0468 e. The topological polar surface area (TPSA) is 6.48 Å². The SMILES string of the molecule is CCC1(C)c2ccccc2-c2cc(N(c3ccccc3)c3ccc(C4(c5ccc(N(c6ccccc6)c6ccccc6)cc5)C5CC6CC(C5)CC4C6)cc3)ccc21. The van der Waals surface area contributed by atoms with Gasteiger partial charge in [0.2, 0.25) is 0 Å². The normalized spacial score (nSPS) is 24.9. The highest BCUT2D eigenvalue weighted by atomic mass is 15.1. The predicted octanol–water partition coefficient (Wildman–Crippen LogP) is 15.1. The molecule has 0 heterocycles. The van der Waals surface area contributed by atoms with Gasteiger partial charge >= 0.3 is 0 Å². The van der Waals surface area contributed by atoms with E-state index < -0.39 is 0 Å². The molecule has 0 saturated heterocycles. The maximum Gasteiger partial charge on any atom is 0.0468 e. The van der Waals surface area contributed by atoms with Gasteiger partial charge in [0.1, 0.15) is 0 Å². The van der Waals surface area contributed by atoms with Crippen LogP contribution in [0, 0.1) is 23.7 Å². The third-order valence-corrected chi connectivity index (χ3v) is 15.1. The van der Waals surface area contributed by atoms with Crippen LogP contribution >= 0.6 is 0 Å². The number of para-hydroxylation sites is 3. The molecule has 2 nitrogen and oxygen atoms in total. The molecule has 286 valence electrons. The minimum atomic E-state index is 0.00820. The van der Waals surface area contributed by atoms with Crippen LogP contribution in [-0.2, 0) is 10.8 Å². The first kappa shape index (κ1) is 35.3. The van der Waals surface area contributed by atoms with Crippen molar-refractivity contribution >= 4 is 34.1 Å². The van der Waals surface area contributed by atoms with Crippen molar-refractivity contribution in [3.05, 3.63) is 204 Å². The first-order valence-electron chi connectivity index (χ1n) is 21.8. The van der Waals surface area contributed by atoms with Gasteiger partial charge in [-0.3, -0.25) is 0 Å². The minimum Gasteiger partial charge on any atom is -0.311 e. The van der Waals surface area contributed by atoms with E-state index in [0.29, 0.717) is 11.8 Å². The van der Waals surface area contributed by atoms with Crippen LogP contribution < -0.4 is 9.80 Å². The molecule has 0 amide bonds. The molecule has 7 aromatic rings. The Kier molecular flexibility index (Phi) is 8.47. The lowest BCUT2D eigenvalue weighted by molar-refractivity contribution is -0.0418. The Hall–Kier alpha value is -5.86. The van der Waals surface area contributed by atoms with Crippen molar-refractivity contribution in [1.82, 2.24) is 0 Å². The maximum atomic E-state index is 2.51. The van der Waals surface area contributed by atoms with E-state index in [1.807, 2.05) is 0 Å². The van der Waals surface area contributed by atoms with Crippen molar-refractivity contribution in [1.29, 1.82) is 0 Å². The fourth-order valence-corrected chi connectivity index (χ4v) is 12.5. The van der Waals surface area contributed by atoms with E-state index in [0.717, 1.165) is 18.3 Å². The Labute approximate surface area is 344 Å². The summed E-state index contributed by atoms with van der Waals surface area (Å²) in [6, 6.07) is 68.4. The van der Waals surface area contributed by atoms with Gasteiger partial charge in [0.05, 0.1) is 0 Å². The van der Waals surface area contributed by atoms with Gasteiger partial charge in [0.25, 0.3) is 0 Å². The largest absolute Gasteiger partial charge is 0.311 e. The van der Waals surface area contributed by atoms with Crippen LogP contribution in [-0.4, -0.2) is 0 Å². The second-order valence-electron chi connectivity index (χ2n) is 17.9. The molecule has 4 bridgehead atoms. The average molecular weight is 753 g/mol. The molecular formula is C56H52N2. The Bertz CT molecular complexity index is 2490. The molecule has 5 aliphatic rings. The van der Waals surface area contributed by atoms with Crippen LogP contribution in [0.1, 0.15) is 74.6 Å². The Morgan fingerprint density at radius 1 is 0.414 bits per heavy atom. The number of hydrogen-bond acceptors (Lipinski definition) is 2. The van der Waals surface area contributed by atoms with E-state index in [9.17, 15) is 0 Å². The van der Waals surface area contributed by atoms with Crippen LogP contribution in [0.15, 0.2) is 182 Å². The van der Waals surface area contributed by atoms with Crippen molar-refractivity contribution in [2.24, 2.45) is 23.7 Å². The summed E-state index contributed by atoms with van der Waals surface area (Å²) < 4.78 is 0. The monoisotopic (exact) mass is 752 g/mol. The summed E-state index contributed by atoms with van der Waals surface area (Å²) in [5.74, 6) is 3.09. The quantitative estimate of drug-likeness (QED) is 0.145. The Balaban J connectivity index is 1.01. The summed E-state index contributed by atoms with van der Waals surface area (Å²) in [7, 11) is 0. The van der Waals surface area contributed by atoms with E-state index in [1.165, 1.54) is 99.6 Å². The van der Waals surface area contributed by atoms with Gasteiger partial charge in [-0.25, -0.2) is 0 Å². The zero-order valence-electron chi connectivity index (χ0n) is 33.8. The molecule has 0 spiro atoms. The van der Waals surface area contributed by atoms with Gasteiger partial charge in [-0.05, 0) is 168 Å². The fraction of sp³-hybridized carbons (Fsp3) is 0.250. The highest BCUT2D eigenvalue weighted by Crippen LogP contribution is 2.65.